The van der Waals surface area contributed by atoms with Crippen LogP contribution in [0.4, 0.5) is 0 Å². The van der Waals surface area contributed by atoms with E-state index in [-0.39, 0.29) is 28.7 Å². The molecule has 1 aliphatic carbocycles. The second-order valence-electron chi connectivity index (χ2n) is 6.16. The molecule has 1 aliphatic heterocycles. The lowest BCUT2D eigenvalue weighted by Crippen LogP contribution is -2.55. The Morgan fingerprint density at radius 2 is 2.00 bits per heavy atom. The van der Waals surface area contributed by atoms with Crippen LogP contribution in [0, 0.1) is 0 Å². The molecular formula is C17H23NO4S. The fourth-order valence-corrected chi connectivity index (χ4v) is 4.66. The van der Waals surface area contributed by atoms with Crippen LogP contribution in [0.3, 0.4) is 0 Å². The summed E-state index contributed by atoms with van der Waals surface area (Å²) >= 11 is 0. The van der Waals surface area contributed by atoms with Gasteiger partial charge in [-0.1, -0.05) is 31.9 Å². The molecule has 5 nitrogen and oxygen atoms in total. The van der Waals surface area contributed by atoms with Crippen molar-refractivity contribution in [2.45, 2.75) is 49.6 Å². The minimum absolute atomic E-state index is 0.00748. The highest BCUT2D eigenvalue weighted by atomic mass is 32.2. The Morgan fingerprint density at radius 1 is 1.26 bits per heavy atom. The molecule has 1 aromatic rings. The zero-order valence-electron chi connectivity index (χ0n) is 13.4. The van der Waals surface area contributed by atoms with Gasteiger partial charge in [0.15, 0.2) is 9.84 Å². The highest BCUT2D eigenvalue weighted by molar-refractivity contribution is 7.91. The molecule has 126 valence electrons. The van der Waals surface area contributed by atoms with Gasteiger partial charge in [0.05, 0.1) is 35.0 Å². The normalized spacial score (nSPS) is 25.0. The van der Waals surface area contributed by atoms with Crippen molar-refractivity contribution in [3.63, 3.8) is 0 Å². The molecule has 2 aliphatic rings. The monoisotopic (exact) mass is 337 g/mol. The molecule has 0 N–H and O–H groups in total. The van der Waals surface area contributed by atoms with Gasteiger partial charge in [-0.2, -0.15) is 0 Å². The van der Waals surface area contributed by atoms with E-state index in [4.69, 9.17) is 4.74 Å². The second-order valence-corrected chi connectivity index (χ2v) is 8.41. The van der Waals surface area contributed by atoms with Crippen LogP contribution in [0.1, 0.15) is 43.0 Å². The van der Waals surface area contributed by atoms with Gasteiger partial charge in [-0.15, -0.1) is 0 Å². The molecule has 0 aromatic heterocycles. The molecule has 1 heterocycles. The Balaban J connectivity index is 1.94. The molecule has 0 bridgehead atoms. The zero-order chi connectivity index (χ0) is 16.4. The smallest absolute Gasteiger partial charge is 0.255 e. The molecule has 1 aromatic carbocycles. The summed E-state index contributed by atoms with van der Waals surface area (Å²) in [7, 11) is -3.42. The Kier molecular flexibility index (Phi) is 4.73. The average molecular weight is 337 g/mol. The lowest BCUT2D eigenvalue weighted by Gasteiger charge is -2.44. The first-order valence-electron chi connectivity index (χ1n) is 8.29. The van der Waals surface area contributed by atoms with Crippen LogP contribution in [-0.4, -0.2) is 50.3 Å². The molecule has 23 heavy (non-hydrogen) atoms. The number of rotatable bonds is 3. The average Bonchev–Trinajstić information content (AvgIpc) is 2.60. The summed E-state index contributed by atoms with van der Waals surface area (Å²) in [4.78, 5) is 15.0. The standard InChI is InChI=1S/C17H23NO4S/c1-2-23(20,21)16-10-6-3-7-13(16)17(19)18-11-12-22-15-9-5-4-8-14(15)18/h3,6-7,10,14-15H,2,4-5,8-9,11-12H2,1H3. The van der Waals surface area contributed by atoms with E-state index in [9.17, 15) is 13.2 Å². The van der Waals surface area contributed by atoms with Crippen molar-refractivity contribution in [1.82, 2.24) is 4.90 Å². The van der Waals surface area contributed by atoms with Crippen molar-refractivity contribution in [2.24, 2.45) is 0 Å². The minimum Gasteiger partial charge on any atom is -0.374 e. The van der Waals surface area contributed by atoms with Crippen LogP contribution >= 0.6 is 0 Å². The Hall–Kier alpha value is -1.40. The lowest BCUT2D eigenvalue weighted by molar-refractivity contribution is -0.0753. The summed E-state index contributed by atoms with van der Waals surface area (Å²) in [6, 6.07) is 6.62. The zero-order valence-corrected chi connectivity index (χ0v) is 14.2. The second kappa shape index (κ2) is 6.61. The third-order valence-corrected chi connectivity index (χ3v) is 6.61. The summed E-state index contributed by atoms with van der Waals surface area (Å²) in [5, 5.41) is 0. The lowest BCUT2D eigenvalue weighted by atomic mass is 9.89. The number of carbonyl (C=O) groups is 1. The Bertz CT molecular complexity index is 684. The molecule has 2 unspecified atom stereocenters. The van der Waals surface area contributed by atoms with Crippen molar-refractivity contribution < 1.29 is 17.9 Å². The maximum Gasteiger partial charge on any atom is 0.255 e. The number of ether oxygens (including phenoxy) is 1. The Labute approximate surface area is 137 Å². The molecule has 1 amide bonds. The number of nitrogens with zero attached hydrogens (tertiary/aromatic N) is 1. The predicted octanol–water partition coefficient (Wildman–Crippen LogP) is 2.26. The summed E-state index contributed by atoms with van der Waals surface area (Å²) in [5.41, 5.74) is 0.292. The highest BCUT2D eigenvalue weighted by Gasteiger charge is 2.38. The van der Waals surface area contributed by atoms with Gasteiger partial charge >= 0.3 is 0 Å². The number of carbonyl (C=O) groups excluding carboxylic acids is 1. The first-order chi connectivity index (χ1) is 11.0. The van der Waals surface area contributed by atoms with Gasteiger partial charge in [0.1, 0.15) is 0 Å². The number of sulfone groups is 1. The molecule has 6 heteroatoms. The maximum atomic E-state index is 13.0. The van der Waals surface area contributed by atoms with Gasteiger partial charge in [0, 0.05) is 6.54 Å². The molecule has 2 atom stereocenters. The van der Waals surface area contributed by atoms with Crippen LogP contribution in [0.5, 0.6) is 0 Å². The fraction of sp³-hybridized carbons (Fsp3) is 0.588. The number of hydrogen-bond acceptors (Lipinski definition) is 4. The van der Waals surface area contributed by atoms with E-state index in [0.29, 0.717) is 18.7 Å². The van der Waals surface area contributed by atoms with E-state index >= 15 is 0 Å². The van der Waals surface area contributed by atoms with Crippen LogP contribution < -0.4 is 0 Å². The van der Waals surface area contributed by atoms with Crippen LogP contribution in [-0.2, 0) is 14.6 Å². The van der Waals surface area contributed by atoms with E-state index < -0.39 is 9.84 Å². The molecule has 0 spiro atoms. The molecule has 1 saturated heterocycles. The van der Waals surface area contributed by atoms with Crippen molar-refractivity contribution in [1.29, 1.82) is 0 Å². The van der Waals surface area contributed by atoms with Crippen molar-refractivity contribution in [2.75, 3.05) is 18.9 Å². The van der Waals surface area contributed by atoms with Crippen LogP contribution in [0.2, 0.25) is 0 Å². The number of morpholine rings is 1. The van der Waals surface area contributed by atoms with Crippen molar-refractivity contribution in [3.8, 4) is 0 Å². The number of benzene rings is 1. The van der Waals surface area contributed by atoms with Crippen molar-refractivity contribution >= 4 is 15.7 Å². The molecule has 2 fully saturated rings. The third kappa shape index (κ3) is 3.15. The van der Waals surface area contributed by atoms with Gasteiger partial charge in [-0.25, -0.2) is 8.42 Å². The summed E-state index contributed by atoms with van der Waals surface area (Å²) in [5.74, 6) is -0.190. The van der Waals surface area contributed by atoms with Gasteiger partial charge in [0.25, 0.3) is 5.91 Å². The van der Waals surface area contributed by atoms with E-state index in [1.54, 1.807) is 25.1 Å². The topological polar surface area (TPSA) is 63.7 Å². The van der Waals surface area contributed by atoms with Crippen molar-refractivity contribution in [3.05, 3.63) is 29.8 Å². The first kappa shape index (κ1) is 16.5. The van der Waals surface area contributed by atoms with Gasteiger partial charge in [-0.3, -0.25) is 4.79 Å². The van der Waals surface area contributed by atoms with E-state index in [0.717, 1.165) is 25.7 Å². The van der Waals surface area contributed by atoms with E-state index in [1.807, 2.05) is 4.90 Å². The fourth-order valence-electron chi connectivity index (χ4n) is 3.57. The quantitative estimate of drug-likeness (QED) is 0.849. The largest absolute Gasteiger partial charge is 0.374 e. The highest BCUT2D eigenvalue weighted by Crippen LogP contribution is 2.30. The molecule has 3 rings (SSSR count). The molecule has 1 saturated carbocycles. The molecular weight excluding hydrogens is 314 g/mol. The number of hydrogen-bond donors (Lipinski definition) is 0. The first-order valence-corrected chi connectivity index (χ1v) is 9.94. The summed E-state index contributed by atoms with van der Waals surface area (Å²) < 4.78 is 30.4. The maximum absolute atomic E-state index is 13.0. The van der Waals surface area contributed by atoms with Gasteiger partial charge in [-0.05, 0) is 25.0 Å². The van der Waals surface area contributed by atoms with Gasteiger partial charge in [0.2, 0.25) is 0 Å². The minimum atomic E-state index is -3.42. The SMILES string of the molecule is CCS(=O)(=O)c1ccccc1C(=O)N1CCOC2CCCCC21. The third-order valence-electron chi connectivity index (χ3n) is 4.83. The Morgan fingerprint density at radius 3 is 2.78 bits per heavy atom. The predicted molar refractivity (Wildman–Crippen MR) is 87.2 cm³/mol. The summed E-state index contributed by atoms with van der Waals surface area (Å²) in [6.07, 6.45) is 4.21. The van der Waals surface area contributed by atoms with Crippen LogP contribution in [0.25, 0.3) is 0 Å². The van der Waals surface area contributed by atoms with E-state index in [2.05, 4.69) is 0 Å². The summed E-state index contributed by atoms with van der Waals surface area (Å²) in [6.45, 7) is 2.65. The number of fused-ring (bicyclic) bond motifs is 1. The van der Waals surface area contributed by atoms with E-state index in [1.165, 1.54) is 6.07 Å². The van der Waals surface area contributed by atoms with Crippen LogP contribution in [0.15, 0.2) is 29.2 Å². The van der Waals surface area contributed by atoms with Gasteiger partial charge < -0.3 is 9.64 Å². The molecule has 0 radical (unpaired) electrons. The number of amides is 1.